The second kappa shape index (κ2) is 10.2. The molecule has 224 valence electrons. The van der Waals surface area contributed by atoms with E-state index in [-0.39, 0.29) is 22.9 Å². The molecule has 44 heavy (non-hydrogen) atoms. The minimum Gasteiger partial charge on any atom is -0.339 e. The van der Waals surface area contributed by atoms with Gasteiger partial charge in [0.25, 0.3) is 0 Å². The summed E-state index contributed by atoms with van der Waals surface area (Å²) in [4.78, 5) is 5.34. The molecule has 0 amide bonds. The summed E-state index contributed by atoms with van der Waals surface area (Å²) in [5.74, 6) is 0.662. The molecule has 3 aromatic carbocycles. The molecule has 2 aliphatic heterocycles. The number of allylic oxidation sites excluding steroid dienone is 4. The third-order valence-corrected chi connectivity index (χ3v) is 10.4. The Labute approximate surface area is 265 Å². The van der Waals surface area contributed by atoms with E-state index >= 15 is 0 Å². The zero-order valence-electron chi connectivity index (χ0n) is 28.0. The highest BCUT2D eigenvalue weighted by Crippen LogP contribution is 2.55. The predicted octanol–water partition coefficient (Wildman–Crippen LogP) is 9.84. The van der Waals surface area contributed by atoms with Gasteiger partial charge in [-0.05, 0) is 85.0 Å². The maximum absolute atomic E-state index is 2.69. The molecular weight excluding hydrogens is 531 g/mol. The van der Waals surface area contributed by atoms with Gasteiger partial charge in [-0.25, -0.2) is 0 Å². The Morgan fingerprint density at radius 1 is 0.659 bits per heavy atom. The van der Waals surface area contributed by atoms with E-state index in [1.807, 2.05) is 0 Å². The van der Waals surface area contributed by atoms with Crippen molar-refractivity contribution in [3.8, 4) is 0 Å². The Bertz CT molecular complexity index is 1720. The van der Waals surface area contributed by atoms with Crippen LogP contribution in [0.2, 0.25) is 11.6 Å². The lowest BCUT2D eigenvalue weighted by Crippen LogP contribution is -2.64. The summed E-state index contributed by atoms with van der Waals surface area (Å²) in [6.07, 6.45) is 12.6. The number of fused-ring (bicyclic) bond motifs is 4. The fourth-order valence-corrected chi connectivity index (χ4v) is 8.08. The molecule has 4 unspecified atom stereocenters. The molecule has 3 aromatic rings. The monoisotopic (exact) mass is 578 g/mol. The van der Waals surface area contributed by atoms with Gasteiger partial charge >= 0.3 is 0 Å². The van der Waals surface area contributed by atoms with E-state index in [0.29, 0.717) is 18.3 Å². The summed E-state index contributed by atoms with van der Waals surface area (Å²) >= 11 is 0. The van der Waals surface area contributed by atoms with Crippen molar-refractivity contribution in [3.63, 3.8) is 0 Å². The first kappa shape index (κ1) is 29.0. The fourth-order valence-electron chi connectivity index (χ4n) is 8.08. The van der Waals surface area contributed by atoms with Crippen LogP contribution in [0.25, 0.3) is 0 Å². The van der Waals surface area contributed by atoms with Crippen LogP contribution in [-0.2, 0) is 5.41 Å². The highest BCUT2D eigenvalue weighted by Gasteiger charge is 2.56. The first-order valence-electron chi connectivity index (χ1n) is 16.5. The molecule has 0 saturated carbocycles. The van der Waals surface area contributed by atoms with Crippen molar-refractivity contribution in [2.45, 2.75) is 91.4 Å². The summed E-state index contributed by atoms with van der Waals surface area (Å²) in [6.45, 7) is 21.1. The van der Waals surface area contributed by atoms with Gasteiger partial charge < -0.3 is 9.80 Å². The van der Waals surface area contributed by atoms with Gasteiger partial charge in [-0.2, -0.15) is 0 Å². The van der Waals surface area contributed by atoms with Crippen LogP contribution in [0.3, 0.4) is 0 Å². The van der Waals surface area contributed by atoms with Crippen molar-refractivity contribution in [1.82, 2.24) is 0 Å². The van der Waals surface area contributed by atoms with Crippen LogP contribution < -0.4 is 15.3 Å². The largest absolute Gasteiger partial charge is 0.339 e. The van der Waals surface area contributed by atoms with Crippen molar-refractivity contribution >= 4 is 29.2 Å². The van der Waals surface area contributed by atoms with E-state index in [0.717, 1.165) is 0 Å². The van der Waals surface area contributed by atoms with Crippen LogP contribution in [0.5, 0.6) is 0 Å². The molecule has 0 bridgehead atoms. The topological polar surface area (TPSA) is 6.48 Å². The molecule has 1 saturated heterocycles. The average molecular weight is 579 g/mol. The minimum absolute atomic E-state index is 0.0726. The van der Waals surface area contributed by atoms with E-state index in [1.165, 1.54) is 56.1 Å². The highest BCUT2D eigenvalue weighted by molar-refractivity contribution is 6.80. The lowest BCUT2D eigenvalue weighted by atomic mass is 9.24. The number of nitrogens with zero attached hydrogens (tertiary/aromatic N) is 2. The maximum Gasteiger partial charge on any atom is 0.200 e. The standard InChI is InChI=1S/C41H47BN2/c1-26-10-16-31(17-11-26)43-35-20-14-29(40(4,5)6)24-33(35)42-34-25-30(41(7,8)9)15-21-36(34)44(32-18-12-27(2)13-19-32)38-23-28(3)22-37(43)39(38)42/h10-25,33,35,38-39H,1-9H3. The number of aryl methyl sites for hydroxylation is 2. The van der Waals surface area contributed by atoms with Crippen LogP contribution in [-0.4, -0.2) is 18.8 Å². The van der Waals surface area contributed by atoms with Gasteiger partial charge in [0.15, 0.2) is 0 Å². The number of rotatable bonds is 2. The quantitative estimate of drug-likeness (QED) is 0.279. The Balaban J connectivity index is 1.52. The SMILES string of the molecule is CC1=CC2C3B(c4cc(C(C)(C)C)ccc4N2c2ccc(C)cc2)C2C=C(C(C)(C)C)C=CC2N(c2ccc(C)cc2)C3=C1. The van der Waals surface area contributed by atoms with Crippen LogP contribution in [0.15, 0.2) is 114 Å². The molecule has 0 aromatic heterocycles. The Kier molecular flexibility index (Phi) is 6.70. The van der Waals surface area contributed by atoms with E-state index in [4.69, 9.17) is 0 Å². The Morgan fingerprint density at radius 3 is 1.86 bits per heavy atom. The molecule has 1 fully saturated rings. The number of hydrogen-bond acceptors (Lipinski definition) is 2. The molecule has 2 heterocycles. The van der Waals surface area contributed by atoms with Crippen LogP contribution in [0, 0.1) is 19.3 Å². The number of hydrogen-bond donors (Lipinski definition) is 0. The predicted molar refractivity (Wildman–Crippen MR) is 191 cm³/mol. The van der Waals surface area contributed by atoms with Gasteiger partial charge in [-0.15, -0.1) is 0 Å². The second-order valence-corrected chi connectivity index (χ2v) is 15.8. The normalized spacial score (nSPS) is 24.2. The third-order valence-electron chi connectivity index (χ3n) is 10.4. The summed E-state index contributed by atoms with van der Waals surface area (Å²) in [5, 5.41) is 0. The molecule has 2 nitrogen and oxygen atoms in total. The van der Waals surface area contributed by atoms with Gasteiger partial charge in [-0.1, -0.05) is 124 Å². The minimum atomic E-state index is 0.0726. The summed E-state index contributed by atoms with van der Waals surface area (Å²) in [7, 11) is 0. The van der Waals surface area contributed by atoms with Crippen LogP contribution in [0.1, 0.15) is 65.2 Å². The fraction of sp³-hybridized carbons (Fsp3) is 0.366. The molecule has 3 heteroatoms. The lowest BCUT2D eigenvalue weighted by molar-refractivity contribution is 0.506. The zero-order chi connectivity index (χ0) is 31.1. The first-order valence-corrected chi connectivity index (χ1v) is 16.5. The van der Waals surface area contributed by atoms with Crippen molar-refractivity contribution in [2.24, 2.45) is 5.41 Å². The smallest absolute Gasteiger partial charge is 0.200 e. The molecule has 2 aliphatic carbocycles. The van der Waals surface area contributed by atoms with Gasteiger partial charge in [0.1, 0.15) is 0 Å². The Hall–Kier alpha value is -3.72. The van der Waals surface area contributed by atoms with Crippen molar-refractivity contribution < 1.29 is 0 Å². The van der Waals surface area contributed by atoms with Crippen molar-refractivity contribution in [1.29, 1.82) is 0 Å². The van der Waals surface area contributed by atoms with E-state index in [2.05, 4.69) is 169 Å². The average Bonchev–Trinajstić information content (AvgIpc) is 2.96. The highest BCUT2D eigenvalue weighted by atomic mass is 15.2. The molecule has 0 N–H and O–H groups in total. The van der Waals surface area contributed by atoms with E-state index < -0.39 is 0 Å². The lowest BCUT2D eigenvalue weighted by Gasteiger charge is -2.58. The van der Waals surface area contributed by atoms with Crippen molar-refractivity contribution in [3.05, 3.63) is 131 Å². The van der Waals surface area contributed by atoms with Gasteiger partial charge in [0.05, 0.1) is 12.1 Å². The molecular formula is C41H47BN2. The first-order chi connectivity index (χ1) is 20.8. The van der Waals surface area contributed by atoms with E-state index in [1.54, 1.807) is 0 Å². The number of anilines is 3. The Morgan fingerprint density at radius 2 is 1.27 bits per heavy atom. The maximum atomic E-state index is 2.69. The third kappa shape index (κ3) is 4.71. The molecule has 4 aliphatic rings. The van der Waals surface area contributed by atoms with Crippen molar-refractivity contribution in [2.75, 3.05) is 9.80 Å². The summed E-state index contributed by atoms with van der Waals surface area (Å²) in [6, 6.07) is 26.2. The molecule has 0 spiro atoms. The van der Waals surface area contributed by atoms with Gasteiger partial charge in [-0.3, -0.25) is 0 Å². The van der Waals surface area contributed by atoms with E-state index in [9.17, 15) is 0 Å². The van der Waals surface area contributed by atoms with Crippen LogP contribution in [0.4, 0.5) is 17.1 Å². The molecule has 4 atom stereocenters. The van der Waals surface area contributed by atoms with Gasteiger partial charge in [0.2, 0.25) is 6.71 Å². The second-order valence-electron chi connectivity index (χ2n) is 15.8. The van der Waals surface area contributed by atoms with Crippen LogP contribution >= 0.6 is 0 Å². The zero-order valence-corrected chi connectivity index (χ0v) is 28.0. The molecule has 7 rings (SSSR count). The van der Waals surface area contributed by atoms with Gasteiger partial charge in [0, 0.05) is 28.6 Å². The summed E-state index contributed by atoms with van der Waals surface area (Å²) < 4.78 is 0. The number of benzene rings is 3. The molecule has 0 radical (unpaired) electrons. The summed E-state index contributed by atoms with van der Waals surface area (Å²) in [5.41, 5.74) is 13.8.